The molecule has 0 saturated carbocycles. The van der Waals surface area contributed by atoms with E-state index in [0.717, 1.165) is 37.4 Å². The first kappa shape index (κ1) is 25.7. The number of para-hydroxylation sites is 2. The minimum absolute atomic E-state index is 0.0859. The molecule has 0 spiro atoms. The summed E-state index contributed by atoms with van der Waals surface area (Å²) in [6, 6.07) is 27.2. The summed E-state index contributed by atoms with van der Waals surface area (Å²) in [6.07, 6.45) is 0. The molecule has 0 unspecified atom stereocenters. The van der Waals surface area contributed by atoms with Gasteiger partial charge < -0.3 is 20.4 Å². The number of hydrogen-bond acceptors (Lipinski definition) is 6. The average molecular weight is 497 g/mol. The Kier molecular flexibility index (Phi) is 8.39. The first-order valence-electron chi connectivity index (χ1n) is 12.4. The number of nitrogens with zero attached hydrogens (tertiary/aromatic N) is 4. The maximum absolute atomic E-state index is 12.7. The Morgan fingerprint density at radius 2 is 1.54 bits per heavy atom. The summed E-state index contributed by atoms with van der Waals surface area (Å²) >= 11 is 0. The first-order chi connectivity index (χ1) is 18.0. The van der Waals surface area contributed by atoms with Gasteiger partial charge in [0.1, 0.15) is 6.07 Å². The molecule has 3 aromatic carbocycles. The average Bonchev–Trinajstić information content (AvgIpc) is 2.94. The fourth-order valence-corrected chi connectivity index (χ4v) is 4.52. The number of nitriles is 1. The minimum Gasteiger partial charge on any atom is -0.378 e. The topological polar surface area (TPSA) is 91.7 Å². The zero-order valence-electron chi connectivity index (χ0n) is 21.2. The van der Waals surface area contributed by atoms with Gasteiger partial charge in [0.05, 0.1) is 17.3 Å². The van der Waals surface area contributed by atoms with Gasteiger partial charge in [0.25, 0.3) is 0 Å². The predicted molar refractivity (Wildman–Crippen MR) is 147 cm³/mol. The highest BCUT2D eigenvalue weighted by Gasteiger charge is 2.27. The largest absolute Gasteiger partial charge is 0.378 e. The molecule has 1 aliphatic rings. The van der Waals surface area contributed by atoms with Crippen LogP contribution in [0.25, 0.3) is 0 Å². The van der Waals surface area contributed by atoms with E-state index < -0.39 is 11.8 Å². The second-order valence-corrected chi connectivity index (χ2v) is 9.18. The molecule has 0 aromatic heterocycles. The van der Waals surface area contributed by atoms with Crippen LogP contribution in [-0.2, 0) is 9.59 Å². The van der Waals surface area contributed by atoms with Crippen LogP contribution >= 0.6 is 0 Å². The Morgan fingerprint density at radius 3 is 2.19 bits per heavy atom. The Hall–Kier alpha value is -4.35. The standard InChI is InChI=1S/C29H32N6O2/c1-33(2)24-14-12-22(13-15-24)27(35-18-16-34(17-19-35)25-9-4-3-5-10-25)21-31-28(36)29(37)32-26-11-7-6-8-23(26)20-30/h3-15,27H,16-19,21H2,1-2H3,(H,31,36)(H,32,37)/t27-/m0/s1. The first-order valence-corrected chi connectivity index (χ1v) is 12.4. The van der Waals surface area contributed by atoms with E-state index in [0.29, 0.717) is 17.8 Å². The van der Waals surface area contributed by atoms with Crippen LogP contribution in [0.3, 0.4) is 0 Å². The van der Waals surface area contributed by atoms with Gasteiger partial charge in [-0.15, -0.1) is 0 Å². The number of benzene rings is 3. The van der Waals surface area contributed by atoms with E-state index in [1.54, 1.807) is 24.3 Å². The number of hydrogen-bond donors (Lipinski definition) is 2. The highest BCUT2D eigenvalue weighted by atomic mass is 16.2. The lowest BCUT2D eigenvalue weighted by atomic mass is 10.0. The number of rotatable bonds is 7. The van der Waals surface area contributed by atoms with Gasteiger partial charge in [0, 0.05) is 58.2 Å². The number of carbonyl (C=O) groups excluding carboxylic acids is 2. The van der Waals surface area contributed by atoms with E-state index in [1.807, 2.05) is 43.3 Å². The molecule has 2 N–H and O–H groups in total. The molecule has 1 heterocycles. The van der Waals surface area contributed by atoms with E-state index in [1.165, 1.54) is 5.69 Å². The molecule has 1 fully saturated rings. The van der Waals surface area contributed by atoms with Gasteiger partial charge in [-0.3, -0.25) is 14.5 Å². The van der Waals surface area contributed by atoms with Gasteiger partial charge in [-0.25, -0.2) is 0 Å². The summed E-state index contributed by atoms with van der Waals surface area (Å²) in [5, 5.41) is 14.6. The molecule has 1 atom stereocenters. The van der Waals surface area contributed by atoms with Gasteiger partial charge in [-0.05, 0) is 42.0 Å². The van der Waals surface area contributed by atoms with Crippen molar-refractivity contribution in [1.82, 2.24) is 10.2 Å². The molecule has 37 heavy (non-hydrogen) atoms. The van der Waals surface area contributed by atoms with Crippen LogP contribution in [0.4, 0.5) is 17.1 Å². The van der Waals surface area contributed by atoms with Gasteiger partial charge in [0.15, 0.2) is 0 Å². The smallest absolute Gasteiger partial charge is 0.313 e. The van der Waals surface area contributed by atoms with Crippen LogP contribution in [0.2, 0.25) is 0 Å². The summed E-state index contributed by atoms with van der Waals surface area (Å²) < 4.78 is 0. The molecule has 190 valence electrons. The SMILES string of the molecule is CN(C)c1ccc([C@H](CNC(=O)C(=O)Nc2ccccc2C#N)N2CCN(c3ccccc3)CC2)cc1. The molecular formula is C29H32N6O2. The fourth-order valence-electron chi connectivity index (χ4n) is 4.52. The zero-order valence-corrected chi connectivity index (χ0v) is 21.2. The van der Waals surface area contributed by atoms with Gasteiger partial charge in [-0.2, -0.15) is 5.26 Å². The maximum atomic E-state index is 12.7. The van der Waals surface area contributed by atoms with Crippen molar-refractivity contribution < 1.29 is 9.59 Å². The Balaban J connectivity index is 1.45. The number of carbonyl (C=O) groups is 2. The molecule has 0 bridgehead atoms. The van der Waals surface area contributed by atoms with Crippen molar-refractivity contribution in [1.29, 1.82) is 5.26 Å². The highest BCUT2D eigenvalue weighted by molar-refractivity contribution is 6.39. The monoisotopic (exact) mass is 496 g/mol. The molecule has 8 heteroatoms. The zero-order chi connectivity index (χ0) is 26.2. The second-order valence-electron chi connectivity index (χ2n) is 9.18. The van der Waals surface area contributed by atoms with Crippen LogP contribution in [0.5, 0.6) is 0 Å². The van der Waals surface area contributed by atoms with Crippen molar-refractivity contribution in [2.75, 3.05) is 61.9 Å². The molecule has 2 amide bonds. The van der Waals surface area contributed by atoms with Crippen LogP contribution in [0.1, 0.15) is 17.2 Å². The van der Waals surface area contributed by atoms with E-state index in [9.17, 15) is 14.9 Å². The summed E-state index contributed by atoms with van der Waals surface area (Å²) in [4.78, 5) is 32.0. The van der Waals surface area contributed by atoms with Gasteiger partial charge >= 0.3 is 11.8 Å². The Labute approximate surface area is 218 Å². The van der Waals surface area contributed by atoms with Crippen molar-refractivity contribution in [2.24, 2.45) is 0 Å². The van der Waals surface area contributed by atoms with Gasteiger partial charge in [-0.1, -0.05) is 42.5 Å². The van der Waals surface area contributed by atoms with Gasteiger partial charge in [0.2, 0.25) is 0 Å². The third-order valence-corrected chi connectivity index (χ3v) is 6.63. The van der Waals surface area contributed by atoms with E-state index in [4.69, 9.17) is 0 Å². The number of piperazine rings is 1. The third kappa shape index (κ3) is 6.46. The van der Waals surface area contributed by atoms with Crippen LogP contribution in [0, 0.1) is 11.3 Å². The molecule has 0 radical (unpaired) electrons. The van der Waals surface area contributed by atoms with Crippen molar-refractivity contribution in [3.05, 3.63) is 90.0 Å². The normalized spacial score (nSPS) is 14.4. The van der Waals surface area contributed by atoms with E-state index in [2.05, 4.69) is 56.8 Å². The van der Waals surface area contributed by atoms with Crippen LogP contribution < -0.4 is 20.4 Å². The number of amides is 2. The van der Waals surface area contributed by atoms with Crippen molar-refractivity contribution in [3.63, 3.8) is 0 Å². The number of nitrogens with one attached hydrogen (secondary N) is 2. The maximum Gasteiger partial charge on any atom is 0.313 e. The number of anilines is 3. The lowest BCUT2D eigenvalue weighted by Gasteiger charge is -2.40. The summed E-state index contributed by atoms with van der Waals surface area (Å²) in [5.41, 5.74) is 4.00. The molecular weight excluding hydrogens is 464 g/mol. The second kappa shape index (κ2) is 12.1. The molecule has 1 aliphatic heterocycles. The molecule has 0 aliphatic carbocycles. The van der Waals surface area contributed by atoms with Crippen LogP contribution in [0.15, 0.2) is 78.9 Å². The fraction of sp³-hybridized carbons (Fsp3) is 0.276. The summed E-state index contributed by atoms with van der Waals surface area (Å²) in [7, 11) is 4.00. The van der Waals surface area contributed by atoms with Crippen molar-refractivity contribution in [3.8, 4) is 6.07 Å². The van der Waals surface area contributed by atoms with Crippen LogP contribution in [-0.4, -0.2) is 63.5 Å². The summed E-state index contributed by atoms with van der Waals surface area (Å²) in [5.74, 6) is -1.52. The Morgan fingerprint density at radius 1 is 0.892 bits per heavy atom. The van der Waals surface area contributed by atoms with E-state index >= 15 is 0 Å². The lowest BCUT2D eigenvalue weighted by Crippen LogP contribution is -2.50. The quantitative estimate of drug-likeness (QED) is 0.488. The molecule has 3 aromatic rings. The molecule has 4 rings (SSSR count). The Bertz CT molecular complexity index is 1250. The minimum atomic E-state index is -0.793. The lowest BCUT2D eigenvalue weighted by molar-refractivity contribution is -0.136. The van der Waals surface area contributed by atoms with Crippen molar-refractivity contribution >= 4 is 28.9 Å². The molecule has 8 nitrogen and oxygen atoms in total. The predicted octanol–water partition coefficient (Wildman–Crippen LogP) is 3.24. The molecule has 1 saturated heterocycles. The third-order valence-electron chi connectivity index (χ3n) is 6.63. The highest BCUT2D eigenvalue weighted by Crippen LogP contribution is 2.26. The summed E-state index contributed by atoms with van der Waals surface area (Å²) in [6.45, 7) is 3.68. The van der Waals surface area contributed by atoms with E-state index in [-0.39, 0.29) is 6.04 Å². The van der Waals surface area contributed by atoms with Crippen molar-refractivity contribution in [2.45, 2.75) is 6.04 Å².